The van der Waals surface area contributed by atoms with E-state index in [-0.39, 0.29) is 12.2 Å². The first-order valence-electron chi connectivity index (χ1n) is 4.36. The van der Waals surface area contributed by atoms with Crippen molar-refractivity contribution >= 4 is 11.8 Å². The molecule has 84 valence electrons. The van der Waals surface area contributed by atoms with Crippen molar-refractivity contribution < 1.29 is 19.4 Å². The summed E-state index contributed by atoms with van der Waals surface area (Å²) in [6.45, 7) is 0. The molecular formula is C10H9NO5. The summed E-state index contributed by atoms with van der Waals surface area (Å²) in [5.74, 6) is -1.48. The smallest absolute Gasteiger partial charge is 0.379 e. The van der Waals surface area contributed by atoms with E-state index >= 15 is 0 Å². The van der Waals surface area contributed by atoms with E-state index in [1.54, 1.807) is 6.07 Å². The highest BCUT2D eigenvalue weighted by molar-refractivity contribution is 6.34. The number of carbonyl (C=O) groups excluding carboxylic acids is 2. The van der Waals surface area contributed by atoms with Gasteiger partial charge in [-0.1, -0.05) is 0 Å². The number of Topliss-reactive ketones (excluding diaryl/α,β-unsaturated/α-hetero) is 1. The SMILES string of the molecule is O=C1CC=COC1=O.O=c1[nH]cccc1O. The summed E-state index contributed by atoms with van der Waals surface area (Å²) in [6.07, 6.45) is 4.37. The molecule has 0 aromatic carbocycles. The number of nitrogens with one attached hydrogen (secondary N) is 1. The molecule has 0 fully saturated rings. The fourth-order valence-electron chi connectivity index (χ4n) is 0.827. The minimum Gasteiger partial charge on any atom is -0.503 e. The number of ketones is 1. The van der Waals surface area contributed by atoms with E-state index in [4.69, 9.17) is 5.11 Å². The van der Waals surface area contributed by atoms with E-state index in [1.165, 1.54) is 24.6 Å². The number of carbonyl (C=O) groups is 2. The lowest BCUT2D eigenvalue weighted by Gasteiger charge is -1.99. The van der Waals surface area contributed by atoms with Crippen LogP contribution in [0.1, 0.15) is 6.42 Å². The zero-order valence-corrected chi connectivity index (χ0v) is 8.17. The molecule has 0 unspecified atom stereocenters. The molecule has 2 heterocycles. The number of esters is 1. The molecule has 2 rings (SSSR count). The number of aromatic amines is 1. The number of aromatic nitrogens is 1. The van der Waals surface area contributed by atoms with Gasteiger partial charge in [0.2, 0.25) is 5.78 Å². The molecule has 0 atom stereocenters. The van der Waals surface area contributed by atoms with Crippen LogP contribution in [0.15, 0.2) is 35.5 Å². The normalized spacial score (nSPS) is 13.8. The lowest BCUT2D eigenvalue weighted by atomic mass is 10.2. The van der Waals surface area contributed by atoms with E-state index in [0.717, 1.165) is 0 Å². The van der Waals surface area contributed by atoms with Gasteiger partial charge in [-0.3, -0.25) is 9.59 Å². The van der Waals surface area contributed by atoms with Crippen molar-refractivity contribution in [3.05, 3.63) is 41.0 Å². The van der Waals surface area contributed by atoms with Crippen LogP contribution in [0.4, 0.5) is 0 Å². The molecule has 6 nitrogen and oxygen atoms in total. The Labute approximate surface area is 90.2 Å². The summed E-state index contributed by atoms with van der Waals surface area (Å²) in [5, 5.41) is 8.58. The minimum atomic E-state index is -0.757. The van der Waals surface area contributed by atoms with Crippen LogP contribution in [-0.2, 0) is 14.3 Å². The van der Waals surface area contributed by atoms with Gasteiger partial charge in [-0.2, -0.15) is 0 Å². The van der Waals surface area contributed by atoms with Crippen molar-refractivity contribution in [1.29, 1.82) is 0 Å². The summed E-state index contributed by atoms with van der Waals surface area (Å²) in [5.41, 5.74) is -0.451. The van der Waals surface area contributed by atoms with Gasteiger partial charge in [-0.15, -0.1) is 0 Å². The third-order valence-corrected chi connectivity index (χ3v) is 1.60. The third-order valence-electron chi connectivity index (χ3n) is 1.60. The first kappa shape index (κ1) is 11.7. The Morgan fingerprint density at radius 3 is 2.44 bits per heavy atom. The first-order valence-corrected chi connectivity index (χ1v) is 4.36. The van der Waals surface area contributed by atoms with Crippen LogP contribution in [0.25, 0.3) is 0 Å². The molecule has 1 aliphatic heterocycles. The molecule has 2 N–H and O–H groups in total. The second kappa shape index (κ2) is 5.50. The Hall–Kier alpha value is -2.37. The maximum atomic E-state index is 10.3. The minimum absolute atomic E-state index is 0.179. The zero-order valence-electron chi connectivity index (χ0n) is 8.17. The van der Waals surface area contributed by atoms with Gasteiger partial charge in [0, 0.05) is 12.6 Å². The number of aromatic hydroxyl groups is 1. The number of pyridine rings is 1. The van der Waals surface area contributed by atoms with Gasteiger partial charge < -0.3 is 14.8 Å². The van der Waals surface area contributed by atoms with Gasteiger partial charge in [0.05, 0.1) is 6.26 Å². The summed E-state index contributed by atoms with van der Waals surface area (Å²) >= 11 is 0. The van der Waals surface area contributed by atoms with Crippen LogP contribution in [0.3, 0.4) is 0 Å². The monoisotopic (exact) mass is 223 g/mol. The quantitative estimate of drug-likeness (QED) is 0.480. The van der Waals surface area contributed by atoms with Gasteiger partial charge in [0.25, 0.3) is 5.56 Å². The molecule has 0 amide bonds. The van der Waals surface area contributed by atoms with E-state index in [9.17, 15) is 14.4 Å². The van der Waals surface area contributed by atoms with E-state index < -0.39 is 17.3 Å². The van der Waals surface area contributed by atoms with E-state index in [2.05, 4.69) is 9.72 Å². The number of ether oxygens (including phenoxy) is 1. The molecule has 0 saturated carbocycles. The average Bonchev–Trinajstić information content (AvgIpc) is 2.28. The van der Waals surface area contributed by atoms with Crippen LogP contribution in [0.2, 0.25) is 0 Å². The maximum Gasteiger partial charge on any atom is 0.379 e. The summed E-state index contributed by atoms with van der Waals surface area (Å²) in [4.78, 5) is 33.0. The Bertz CT molecular complexity index is 456. The van der Waals surface area contributed by atoms with Crippen molar-refractivity contribution in [2.45, 2.75) is 6.42 Å². The lowest BCUT2D eigenvalue weighted by Crippen LogP contribution is -2.16. The van der Waals surface area contributed by atoms with Crippen LogP contribution < -0.4 is 5.56 Å². The van der Waals surface area contributed by atoms with Crippen molar-refractivity contribution in [3.8, 4) is 5.75 Å². The average molecular weight is 223 g/mol. The van der Waals surface area contributed by atoms with Crippen molar-refractivity contribution in [1.82, 2.24) is 4.98 Å². The molecule has 0 spiro atoms. The topological polar surface area (TPSA) is 96.5 Å². The molecule has 1 aromatic heterocycles. The lowest BCUT2D eigenvalue weighted by molar-refractivity contribution is -0.150. The third kappa shape index (κ3) is 3.41. The molecule has 0 saturated heterocycles. The Morgan fingerprint density at radius 2 is 2.06 bits per heavy atom. The molecule has 0 bridgehead atoms. The first-order chi connectivity index (χ1) is 7.61. The van der Waals surface area contributed by atoms with Crippen molar-refractivity contribution in [2.24, 2.45) is 0 Å². The molecule has 1 aliphatic rings. The fraction of sp³-hybridized carbons (Fsp3) is 0.100. The molecule has 1 aromatic rings. The number of rotatable bonds is 0. The van der Waals surface area contributed by atoms with Crippen LogP contribution >= 0.6 is 0 Å². The Kier molecular flexibility index (Phi) is 4.02. The number of hydrogen-bond acceptors (Lipinski definition) is 5. The zero-order chi connectivity index (χ0) is 12.0. The van der Waals surface area contributed by atoms with Crippen molar-refractivity contribution in [2.75, 3.05) is 0 Å². The van der Waals surface area contributed by atoms with Gasteiger partial charge in [0.1, 0.15) is 0 Å². The van der Waals surface area contributed by atoms with E-state index in [0.29, 0.717) is 0 Å². The van der Waals surface area contributed by atoms with Crippen LogP contribution in [0, 0.1) is 0 Å². The van der Waals surface area contributed by atoms with Gasteiger partial charge in [-0.25, -0.2) is 4.79 Å². The number of cyclic esters (lactones) is 1. The summed E-state index contributed by atoms with van der Waals surface area (Å²) < 4.78 is 4.22. The second-order valence-electron chi connectivity index (χ2n) is 2.79. The molecule has 0 radical (unpaired) electrons. The van der Waals surface area contributed by atoms with E-state index in [1.807, 2.05) is 0 Å². The van der Waals surface area contributed by atoms with Crippen LogP contribution in [-0.4, -0.2) is 21.8 Å². The number of H-pyrrole nitrogens is 1. The second-order valence-corrected chi connectivity index (χ2v) is 2.79. The van der Waals surface area contributed by atoms with Gasteiger partial charge >= 0.3 is 5.97 Å². The number of hydrogen-bond donors (Lipinski definition) is 2. The summed E-state index contributed by atoms with van der Waals surface area (Å²) in [7, 11) is 0. The van der Waals surface area contributed by atoms with Crippen molar-refractivity contribution in [3.63, 3.8) is 0 Å². The summed E-state index contributed by atoms with van der Waals surface area (Å²) in [6, 6.07) is 2.88. The molecular weight excluding hydrogens is 214 g/mol. The van der Waals surface area contributed by atoms with Gasteiger partial charge in [-0.05, 0) is 18.2 Å². The predicted molar refractivity (Wildman–Crippen MR) is 53.6 cm³/mol. The Morgan fingerprint density at radius 1 is 1.31 bits per heavy atom. The fourth-order valence-corrected chi connectivity index (χ4v) is 0.827. The Balaban J connectivity index is 0.000000160. The molecule has 16 heavy (non-hydrogen) atoms. The maximum absolute atomic E-state index is 10.3. The van der Waals surface area contributed by atoms with Gasteiger partial charge in [0.15, 0.2) is 5.75 Å². The highest BCUT2D eigenvalue weighted by Crippen LogP contribution is 1.96. The largest absolute Gasteiger partial charge is 0.503 e. The van der Waals surface area contributed by atoms with Crippen LogP contribution in [0.5, 0.6) is 5.75 Å². The highest BCUT2D eigenvalue weighted by atomic mass is 16.5. The highest BCUT2D eigenvalue weighted by Gasteiger charge is 2.15. The predicted octanol–water partition coefficient (Wildman–Crippen LogP) is 0.0966. The molecule has 6 heteroatoms. The molecule has 0 aliphatic carbocycles. The standard InChI is InChI=1S/C5H5NO2.C5H4O3/c7-4-2-1-3-6-5(4)8;6-4-2-1-3-8-5(4)7/h1-3,7H,(H,6,8);1,3H,2H2. The number of allylic oxidation sites excluding steroid dienone is 1.